The molecule has 0 amide bonds. The fourth-order valence-corrected chi connectivity index (χ4v) is 3.14. The Morgan fingerprint density at radius 3 is 2.95 bits per heavy atom. The molecule has 1 aliphatic rings. The third-order valence-corrected chi connectivity index (χ3v) is 4.28. The van der Waals surface area contributed by atoms with E-state index in [0.717, 1.165) is 25.9 Å². The standard InChI is InChI=1S/C15H16ClFN2O2/c1-21-15(20)12-6-10-11(16)5-9(13(17)14(10)19-12)8-3-2-4-18-7-8/h5-6,8,18-19H,2-4,7H2,1H3/t8-/m0/s1. The third-order valence-electron chi connectivity index (χ3n) is 3.97. The van der Waals surface area contributed by atoms with Crippen LogP contribution in [0, 0.1) is 5.82 Å². The number of carbonyl (C=O) groups excluding carboxylic acids is 1. The van der Waals surface area contributed by atoms with E-state index in [1.165, 1.54) is 13.2 Å². The number of fused-ring (bicyclic) bond motifs is 1. The van der Waals surface area contributed by atoms with Gasteiger partial charge in [-0.25, -0.2) is 9.18 Å². The van der Waals surface area contributed by atoms with Crippen molar-refractivity contribution in [2.75, 3.05) is 20.2 Å². The van der Waals surface area contributed by atoms with Crippen molar-refractivity contribution >= 4 is 28.5 Å². The lowest BCUT2D eigenvalue weighted by atomic mass is 9.90. The van der Waals surface area contributed by atoms with Crippen LogP contribution >= 0.6 is 11.6 Å². The Kier molecular flexibility index (Phi) is 3.87. The summed E-state index contributed by atoms with van der Waals surface area (Å²) in [5.41, 5.74) is 1.06. The second kappa shape index (κ2) is 5.66. The Hall–Kier alpha value is -1.59. The van der Waals surface area contributed by atoms with Crippen LogP contribution in [0.4, 0.5) is 4.39 Å². The number of halogens is 2. The first-order valence-electron chi connectivity index (χ1n) is 6.91. The molecule has 1 fully saturated rings. The number of piperidine rings is 1. The summed E-state index contributed by atoms with van der Waals surface area (Å²) in [6.07, 6.45) is 1.94. The fourth-order valence-electron chi connectivity index (χ4n) is 2.87. The van der Waals surface area contributed by atoms with Crippen LogP contribution in [-0.2, 0) is 4.74 Å². The summed E-state index contributed by atoms with van der Waals surface area (Å²) >= 11 is 6.26. The van der Waals surface area contributed by atoms with Crippen LogP contribution < -0.4 is 5.32 Å². The van der Waals surface area contributed by atoms with Crippen LogP contribution in [0.15, 0.2) is 12.1 Å². The van der Waals surface area contributed by atoms with Gasteiger partial charge in [0.25, 0.3) is 0 Å². The van der Waals surface area contributed by atoms with E-state index in [1.54, 1.807) is 6.07 Å². The maximum absolute atomic E-state index is 14.7. The largest absolute Gasteiger partial charge is 0.464 e. The molecule has 4 nitrogen and oxygen atoms in total. The van der Waals surface area contributed by atoms with E-state index < -0.39 is 5.97 Å². The highest BCUT2D eigenvalue weighted by atomic mass is 35.5. The normalized spacial score (nSPS) is 18.9. The maximum atomic E-state index is 14.7. The molecule has 2 aromatic rings. The Morgan fingerprint density at radius 2 is 2.29 bits per heavy atom. The van der Waals surface area contributed by atoms with E-state index in [2.05, 4.69) is 15.0 Å². The predicted molar refractivity (Wildman–Crippen MR) is 79.5 cm³/mol. The highest BCUT2D eigenvalue weighted by Gasteiger charge is 2.23. The van der Waals surface area contributed by atoms with Crippen molar-refractivity contribution in [3.8, 4) is 0 Å². The minimum atomic E-state index is -0.539. The van der Waals surface area contributed by atoms with Gasteiger partial charge in [0.05, 0.1) is 17.6 Å². The molecular formula is C15H16ClFN2O2. The number of carbonyl (C=O) groups is 1. The van der Waals surface area contributed by atoms with Gasteiger partial charge < -0.3 is 15.0 Å². The average Bonchev–Trinajstić information content (AvgIpc) is 2.97. The Labute approximate surface area is 126 Å². The molecule has 1 atom stereocenters. The first-order valence-corrected chi connectivity index (χ1v) is 7.29. The molecule has 3 rings (SSSR count). The number of ether oxygens (including phenoxy) is 1. The molecule has 21 heavy (non-hydrogen) atoms. The first kappa shape index (κ1) is 14.4. The summed E-state index contributed by atoms with van der Waals surface area (Å²) in [4.78, 5) is 14.3. The number of hydrogen-bond donors (Lipinski definition) is 2. The van der Waals surface area contributed by atoms with Crippen molar-refractivity contribution in [1.29, 1.82) is 0 Å². The zero-order valence-corrected chi connectivity index (χ0v) is 12.4. The predicted octanol–water partition coefficient (Wildman–Crippen LogP) is 3.21. The summed E-state index contributed by atoms with van der Waals surface area (Å²) in [7, 11) is 1.28. The lowest BCUT2D eigenvalue weighted by molar-refractivity contribution is 0.0595. The van der Waals surface area contributed by atoms with Crippen LogP contribution in [-0.4, -0.2) is 31.2 Å². The van der Waals surface area contributed by atoms with E-state index >= 15 is 0 Å². The molecule has 0 spiro atoms. The number of methoxy groups -OCH3 is 1. The third kappa shape index (κ3) is 2.51. The van der Waals surface area contributed by atoms with Gasteiger partial charge in [0, 0.05) is 11.9 Å². The fraction of sp³-hybridized carbons (Fsp3) is 0.400. The SMILES string of the molecule is COC(=O)c1cc2c(Cl)cc([C@H]3CCCNC3)c(F)c2[nH]1. The number of benzene rings is 1. The highest BCUT2D eigenvalue weighted by Crippen LogP contribution is 2.34. The summed E-state index contributed by atoms with van der Waals surface area (Å²) in [5, 5.41) is 4.21. The molecule has 0 aliphatic carbocycles. The van der Waals surface area contributed by atoms with Gasteiger partial charge in [-0.3, -0.25) is 0 Å². The lowest BCUT2D eigenvalue weighted by Gasteiger charge is -2.23. The van der Waals surface area contributed by atoms with Crippen LogP contribution in [0.5, 0.6) is 0 Å². The van der Waals surface area contributed by atoms with Gasteiger partial charge in [0.1, 0.15) is 5.69 Å². The second-order valence-electron chi connectivity index (χ2n) is 5.27. The molecule has 1 aromatic heterocycles. The number of esters is 1. The van der Waals surface area contributed by atoms with Crippen molar-refractivity contribution < 1.29 is 13.9 Å². The minimum absolute atomic E-state index is 0.102. The number of aromatic nitrogens is 1. The van der Waals surface area contributed by atoms with E-state index in [1.807, 2.05) is 0 Å². The number of aromatic amines is 1. The maximum Gasteiger partial charge on any atom is 0.354 e. The van der Waals surface area contributed by atoms with E-state index in [9.17, 15) is 9.18 Å². The molecule has 2 heterocycles. The van der Waals surface area contributed by atoms with Crippen molar-refractivity contribution in [2.24, 2.45) is 0 Å². The molecule has 2 N–H and O–H groups in total. The number of rotatable bonds is 2. The summed E-state index contributed by atoms with van der Waals surface area (Å²) in [6, 6.07) is 3.20. The van der Waals surface area contributed by atoms with Crippen molar-refractivity contribution in [3.63, 3.8) is 0 Å². The lowest BCUT2D eigenvalue weighted by Crippen LogP contribution is -2.28. The molecule has 1 aliphatic heterocycles. The quantitative estimate of drug-likeness (QED) is 0.837. The van der Waals surface area contributed by atoms with Crippen LogP contribution in [0.1, 0.15) is 34.8 Å². The molecule has 112 valence electrons. The van der Waals surface area contributed by atoms with Crippen molar-refractivity contribution in [1.82, 2.24) is 10.3 Å². The van der Waals surface area contributed by atoms with E-state index in [-0.39, 0.29) is 22.9 Å². The molecule has 0 unspecified atom stereocenters. The summed E-state index contributed by atoms with van der Waals surface area (Å²) < 4.78 is 19.4. The summed E-state index contributed by atoms with van der Waals surface area (Å²) in [6.45, 7) is 1.70. The van der Waals surface area contributed by atoms with Crippen LogP contribution in [0.2, 0.25) is 5.02 Å². The number of H-pyrrole nitrogens is 1. The van der Waals surface area contributed by atoms with Gasteiger partial charge >= 0.3 is 5.97 Å². The van der Waals surface area contributed by atoms with Gasteiger partial charge in [-0.2, -0.15) is 0 Å². The topological polar surface area (TPSA) is 54.1 Å². The Morgan fingerprint density at radius 1 is 1.48 bits per heavy atom. The number of nitrogens with one attached hydrogen (secondary N) is 2. The van der Waals surface area contributed by atoms with Gasteiger partial charge in [0.2, 0.25) is 0 Å². The number of hydrogen-bond acceptors (Lipinski definition) is 3. The molecule has 1 aromatic carbocycles. The molecule has 0 bridgehead atoms. The minimum Gasteiger partial charge on any atom is -0.464 e. The monoisotopic (exact) mass is 310 g/mol. The molecule has 6 heteroatoms. The van der Waals surface area contributed by atoms with Crippen LogP contribution in [0.25, 0.3) is 10.9 Å². The van der Waals surface area contributed by atoms with Gasteiger partial charge in [-0.1, -0.05) is 11.6 Å². The van der Waals surface area contributed by atoms with E-state index in [0.29, 0.717) is 16.0 Å². The molecule has 1 saturated heterocycles. The smallest absolute Gasteiger partial charge is 0.354 e. The van der Waals surface area contributed by atoms with Gasteiger partial charge in [0.15, 0.2) is 5.82 Å². The van der Waals surface area contributed by atoms with E-state index in [4.69, 9.17) is 11.6 Å². The van der Waals surface area contributed by atoms with Crippen molar-refractivity contribution in [3.05, 3.63) is 34.2 Å². The molecular weight excluding hydrogens is 295 g/mol. The molecule has 0 saturated carbocycles. The van der Waals surface area contributed by atoms with Crippen molar-refractivity contribution in [2.45, 2.75) is 18.8 Å². The first-order chi connectivity index (χ1) is 10.1. The zero-order chi connectivity index (χ0) is 15.0. The average molecular weight is 311 g/mol. The Bertz CT molecular complexity index is 693. The molecule has 0 radical (unpaired) electrons. The Balaban J connectivity index is 2.11. The van der Waals surface area contributed by atoms with Crippen LogP contribution in [0.3, 0.4) is 0 Å². The second-order valence-corrected chi connectivity index (χ2v) is 5.68. The van der Waals surface area contributed by atoms with Gasteiger partial charge in [-0.15, -0.1) is 0 Å². The summed E-state index contributed by atoms with van der Waals surface area (Å²) in [5.74, 6) is -0.772. The highest BCUT2D eigenvalue weighted by molar-refractivity contribution is 6.35. The van der Waals surface area contributed by atoms with Gasteiger partial charge in [-0.05, 0) is 43.0 Å². The zero-order valence-electron chi connectivity index (χ0n) is 11.6.